The molecule has 26 heavy (non-hydrogen) atoms. The molecule has 0 saturated carbocycles. The standard InChI is InChI=1S/C24H20O2/c1-19-18-23(14-15-24(19)25)26-17-16-22(21-10-6-3-7-11-21)13-12-20-8-4-2-5-9-20/h2-11,14-16,18,25H,17H2,1H3/b22-16+. The fraction of sp³-hybridized carbons (Fsp3) is 0.0833. The van der Waals surface area contributed by atoms with Gasteiger partial charge in [-0.05, 0) is 54.5 Å². The van der Waals surface area contributed by atoms with Crippen LogP contribution < -0.4 is 4.74 Å². The first-order chi connectivity index (χ1) is 12.7. The molecule has 3 rings (SSSR count). The van der Waals surface area contributed by atoms with Crippen molar-refractivity contribution in [2.75, 3.05) is 6.61 Å². The summed E-state index contributed by atoms with van der Waals surface area (Å²) in [5.74, 6) is 7.44. The summed E-state index contributed by atoms with van der Waals surface area (Å²) in [4.78, 5) is 0. The van der Waals surface area contributed by atoms with Gasteiger partial charge in [0.2, 0.25) is 0 Å². The molecule has 0 aliphatic rings. The summed E-state index contributed by atoms with van der Waals surface area (Å²) in [6, 6.07) is 25.2. The smallest absolute Gasteiger partial charge is 0.120 e. The topological polar surface area (TPSA) is 29.5 Å². The molecule has 0 unspecified atom stereocenters. The van der Waals surface area contributed by atoms with Gasteiger partial charge in [0.1, 0.15) is 18.1 Å². The number of rotatable bonds is 4. The second-order valence-electron chi connectivity index (χ2n) is 5.86. The minimum Gasteiger partial charge on any atom is -0.508 e. The third-order valence-electron chi connectivity index (χ3n) is 3.91. The monoisotopic (exact) mass is 340 g/mol. The first kappa shape index (κ1) is 17.4. The molecule has 0 aliphatic carbocycles. The maximum atomic E-state index is 9.60. The van der Waals surface area contributed by atoms with Crippen LogP contribution in [0, 0.1) is 18.8 Å². The van der Waals surface area contributed by atoms with E-state index in [0.29, 0.717) is 6.61 Å². The van der Waals surface area contributed by atoms with E-state index in [9.17, 15) is 5.11 Å². The SMILES string of the molecule is Cc1cc(OC/C=C(\C#Cc2ccccc2)c2ccccc2)ccc1O. The number of ether oxygens (including phenoxy) is 1. The number of phenolic OH excluding ortho intramolecular Hbond substituents is 1. The van der Waals surface area contributed by atoms with Crippen LogP contribution in [-0.2, 0) is 0 Å². The minimum atomic E-state index is 0.270. The Morgan fingerprint density at radius 2 is 1.65 bits per heavy atom. The van der Waals surface area contributed by atoms with Gasteiger partial charge in [0.15, 0.2) is 0 Å². The lowest BCUT2D eigenvalue weighted by atomic mass is 10.1. The molecule has 128 valence electrons. The second-order valence-corrected chi connectivity index (χ2v) is 5.86. The summed E-state index contributed by atoms with van der Waals surface area (Å²) in [6.07, 6.45) is 1.98. The van der Waals surface area contributed by atoms with Gasteiger partial charge >= 0.3 is 0 Å². The number of hydrogen-bond acceptors (Lipinski definition) is 2. The highest BCUT2D eigenvalue weighted by atomic mass is 16.5. The summed E-state index contributed by atoms with van der Waals surface area (Å²) in [6.45, 7) is 2.25. The molecule has 0 saturated heterocycles. The van der Waals surface area contributed by atoms with E-state index < -0.39 is 0 Å². The number of hydrogen-bond donors (Lipinski definition) is 1. The van der Waals surface area contributed by atoms with Gasteiger partial charge in [0, 0.05) is 11.1 Å². The average molecular weight is 340 g/mol. The lowest BCUT2D eigenvalue weighted by Gasteiger charge is -2.06. The molecule has 2 heteroatoms. The van der Waals surface area contributed by atoms with Gasteiger partial charge in [0.05, 0.1) is 0 Å². The normalized spacial score (nSPS) is 10.7. The minimum absolute atomic E-state index is 0.270. The van der Waals surface area contributed by atoms with Gasteiger partial charge in [-0.15, -0.1) is 0 Å². The number of aryl methyl sites for hydroxylation is 1. The average Bonchev–Trinajstić information content (AvgIpc) is 2.69. The molecule has 0 amide bonds. The van der Waals surface area contributed by atoms with Crippen molar-refractivity contribution in [1.29, 1.82) is 0 Å². The van der Waals surface area contributed by atoms with Gasteiger partial charge in [0.25, 0.3) is 0 Å². The predicted molar refractivity (Wildman–Crippen MR) is 106 cm³/mol. The Kier molecular flexibility index (Phi) is 5.75. The Bertz CT molecular complexity index is 946. The van der Waals surface area contributed by atoms with Crippen molar-refractivity contribution >= 4 is 5.57 Å². The van der Waals surface area contributed by atoms with Gasteiger partial charge in [-0.2, -0.15) is 0 Å². The van der Waals surface area contributed by atoms with Gasteiger partial charge in [-0.1, -0.05) is 60.4 Å². The van der Waals surface area contributed by atoms with Crippen molar-refractivity contribution in [1.82, 2.24) is 0 Å². The fourth-order valence-corrected chi connectivity index (χ4v) is 2.46. The number of aromatic hydroxyl groups is 1. The zero-order valence-corrected chi connectivity index (χ0v) is 14.6. The highest BCUT2D eigenvalue weighted by Gasteiger charge is 2.00. The third kappa shape index (κ3) is 4.78. The number of phenols is 1. The Balaban J connectivity index is 1.80. The van der Waals surface area contributed by atoms with Crippen LogP contribution in [0.1, 0.15) is 16.7 Å². The molecule has 0 bridgehead atoms. The lowest BCUT2D eigenvalue weighted by Crippen LogP contribution is -1.95. The summed E-state index contributed by atoms with van der Waals surface area (Å²) < 4.78 is 5.79. The van der Waals surface area contributed by atoms with Crippen molar-refractivity contribution in [3.05, 3.63) is 102 Å². The summed E-state index contributed by atoms with van der Waals surface area (Å²) in [5.41, 5.74) is 3.74. The molecule has 0 radical (unpaired) electrons. The first-order valence-electron chi connectivity index (χ1n) is 8.47. The summed E-state index contributed by atoms with van der Waals surface area (Å²) in [7, 11) is 0. The van der Waals surface area contributed by atoms with Crippen LogP contribution in [0.3, 0.4) is 0 Å². The predicted octanol–water partition coefficient (Wildman–Crippen LogP) is 5.21. The molecular weight excluding hydrogens is 320 g/mol. The maximum absolute atomic E-state index is 9.60. The zero-order chi connectivity index (χ0) is 18.2. The van der Waals surface area contributed by atoms with E-state index >= 15 is 0 Å². The van der Waals surface area contributed by atoms with Crippen LogP contribution in [0.4, 0.5) is 0 Å². The van der Waals surface area contributed by atoms with Crippen molar-refractivity contribution < 1.29 is 9.84 Å². The van der Waals surface area contributed by atoms with E-state index in [-0.39, 0.29) is 5.75 Å². The molecular formula is C24H20O2. The van der Waals surface area contributed by atoms with Crippen LogP contribution in [0.25, 0.3) is 5.57 Å². The number of benzene rings is 3. The molecule has 0 aromatic heterocycles. The maximum Gasteiger partial charge on any atom is 0.120 e. The summed E-state index contributed by atoms with van der Waals surface area (Å²) in [5, 5.41) is 9.60. The van der Waals surface area contributed by atoms with Crippen LogP contribution in [0.5, 0.6) is 11.5 Å². The largest absolute Gasteiger partial charge is 0.508 e. The molecule has 0 atom stereocenters. The molecule has 3 aromatic carbocycles. The highest BCUT2D eigenvalue weighted by molar-refractivity contribution is 5.79. The Labute approximate surface area is 154 Å². The van der Waals surface area contributed by atoms with Gasteiger partial charge in [-0.3, -0.25) is 0 Å². The molecule has 3 aromatic rings. The van der Waals surface area contributed by atoms with Gasteiger partial charge < -0.3 is 9.84 Å². The Morgan fingerprint density at radius 3 is 2.35 bits per heavy atom. The fourth-order valence-electron chi connectivity index (χ4n) is 2.46. The van der Waals surface area contributed by atoms with Crippen molar-refractivity contribution in [2.45, 2.75) is 6.92 Å². The molecule has 0 spiro atoms. The van der Waals surface area contributed by atoms with Crippen LogP contribution in [-0.4, -0.2) is 11.7 Å². The third-order valence-corrected chi connectivity index (χ3v) is 3.91. The molecule has 0 aliphatic heterocycles. The van der Waals surface area contributed by atoms with E-state index in [2.05, 4.69) is 11.8 Å². The van der Waals surface area contributed by atoms with E-state index in [1.54, 1.807) is 12.1 Å². The van der Waals surface area contributed by atoms with Crippen molar-refractivity contribution in [3.8, 4) is 23.3 Å². The quantitative estimate of drug-likeness (QED) is 0.660. The van der Waals surface area contributed by atoms with Crippen LogP contribution in [0.2, 0.25) is 0 Å². The van der Waals surface area contributed by atoms with Crippen LogP contribution >= 0.6 is 0 Å². The van der Waals surface area contributed by atoms with E-state index in [1.807, 2.05) is 79.7 Å². The summed E-state index contributed by atoms with van der Waals surface area (Å²) >= 11 is 0. The zero-order valence-electron chi connectivity index (χ0n) is 14.6. The number of allylic oxidation sites excluding steroid dienone is 1. The Morgan fingerprint density at radius 1 is 0.962 bits per heavy atom. The highest BCUT2D eigenvalue weighted by Crippen LogP contribution is 2.22. The van der Waals surface area contributed by atoms with Gasteiger partial charge in [-0.25, -0.2) is 0 Å². The lowest BCUT2D eigenvalue weighted by molar-refractivity contribution is 0.362. The molecule has 0 fully saturated rings. The Hall–Kier alpha value is -3.44. The van der Waals surface area contributed by atoms with Crippen LogP contribution in [0.15, 0.2) is 84.9 Å². The van der Waals surface area contributed by atoms with E-state index in [0.717, 1.165) is 28.0 Å². The van der Waals surface area contributed by atoms with E-state index in [4.69, 9.17) is 4.74 Å². The van der Waals surface area contributed by atoms with Crippen molar-refractivity contribution in [2.24, 2.45) is 0 Å². The second kappa shape index (κ2) is 8.60. The van der Waals surface area contributed by atoms with Crippen molar-refractivity contribution in [3.63, 3.8) is 0 Å². The molecule has 2 nitrogen and oxygen atoms in total. The van der Waals surface area contributed by atoms with E-state index in [1.165, 1.54) is 0 Å². The first-order valence-corrected chi connectivity index (χ1v) is 8.47. The molecule has 0 heterocycles. The molecule has 1 N–H and O–H groups in total.